The maximum Gasteiger partial charge on any atom is 0.432 e. The van der Waals surface area contributed by atoms with E-state index in [-0.39, 0.29) is 47.6 Å². The number of halogens is 9. The van der Waals surface area contributed by atoms with Crippen LogP contribution in [0.3, 0.4) is 0 Å². The van der Waals surface area contributed by atoms with Crippen molar-refractivity contribution in [2.75, 3.05) is 19.8 Å². The van der Waals surface area contributed by atoms with E-state index in [2.05, 4.69) is 11.7 Å². The van der Waals surface area contributed by atoms with Gasteiger partial charge >= 0.3 is 12.1 Å². The maximum absolute atomic E-state index is 15.2. The van der Waals surface area contributed by atoms with Gasteiger partial charge in [0.05, 0.1) is 19.8 Å². The van der Waals surface area contributed by atoms with Gasteiger partial charge in [-0.15, -0.1) is 0 Å². The molecule has 0 atom stereocenters. The molecule has 3 fully saturated rings. The Labute approximate surface area is 269 Å². The molecule has 0 aliphatic carbocycles. The third-order valence-electron chi connectivity index (χ3n) is 8.46. The maximum atomic E-state index is 15.2. The number of hydrogen-bond acceptors (Lipinski definition) is 4. The third-order valence-corrected chi connectivity index (χ3v) is 8.46. The van der Waals surface area contributed by atoms with Crippen LogP contribution in [-0.4, -0.2) is 19.8 Å². The molecule has 3 heterocycles. The van der Waals surface area contributed by atoms with E-state index >= 15 is 22.0 Å². The zero-order valence-electron chi connectivity index (χ0n) is 25.3. The van der Waals surface area contributed by atoms with Crippen molar-refractivity contribution in [3.8, 4) is 28.0 Å². The molecule has 254 valence electrons. The molecule has 0 unspecified atom stereocenters. The lowest BCUT2D eigenvalue weighted by molar-refractivity contribution is -0.480. The number of benzene rings is 4. The van der Waals surface area contributed by atoms with Crippen LogP contribution in [-0.2, 0) is 26.3 Å². The van der Waals surface area contributed by atoms with Gasteiger partial charge < -0.3 is 18.9 Å². The van der Waals surface area contributed by atoms with Crippen molar-refractivity contribution in [1.82, 2.24) is 0 Å². The SMILES string of the molecule is CCCCCC12COC(c3cc(F)c(C(F)(F)Oc4ccc(-c5ccc(-c6cc(F)c(F)c(F)c6)c(F)c5)c(F)c4)c(F)c3)(OC1)OC2. The largest absolute Gasteiger partial charge is 0.432 e. The molecule has 13 heteroatoms. The van der Waals surface area contributed by atoms with E-state index in [0.29, 0.717) is 30.3 Å². The molecule has 0 N–H and O–H groups in total. The zero-order valence-corrected chi connectivity index (χ0v) is 25.3. The van der Waals surface area contributed by atoms with Crippen LogP contribution in [0, 0.1) is 46.1 Å². The first kappa shape index (κ1) is 33.8. The molecule has 3 aliphatic heterocycles. The Morgan fingerprint density at radius 2 is 1.19 bits per heavy atom. The Bertz CT molecular complexity index is 1790. The van der Waals surface area contributed by atoms with Gasteiger partial charge in [0.1, 0.15) is 34.6 Å². The first-order valence-corrected chi connectivity index (χ1v) is 15.0. The molecule has 2 bridgehead atoms. The fourth-order valence-electron chi connectivity index (χ4n) is 5.86. The fraction of sp³-hybridized carbons (Fsp3) is 0.314. The summed E-state index contributed by atoms with van der Waals surface area (Å²) in [5, 5.41) is 0. The lowest BCUT2D eigenvalue weighted by Gasteiger charge is -2.52. The van der Waals surface area contributed by atoms with Gasteiger partial charge in [-0.3, -0.25) is 0 Å². The van der Waals surface area contributed by atoms with Gasteiger partial charge in [-0.2, -0.15) is 8.78 Å². The van der Waals surface area contributed by atoms with Gasteiger partial charge in [-0.25, -0.2) is 30.7 Å². The summed E-state index contributed by atoms with van der Waals surface area (Å²) in [6, 6.07) is 7.77. The summed E-state index contributed by atoms with van der Waals surface area (Å²) in [4.78, 5) is 0. The minimum absolute atomic E-state index is 0.0996. The van der Waals surface area contributed by atoms with Gasteiger partial charge in [0.2, 0.25) is 0 Å². The second kappa shape index (κ2) is 12.8. The van der Waals surface area contributed by atoms with Crippen molar-refractivity contribution in [2.24, 2.45) is 5.41 Å². The molecule has 3 saturated heterocycles. The molecule has 7 rings (SSSR count). The monoisotopic (exact) mass is 682 g/mol. The van der Waals surface area contributed by atoms with E-state index in [1.165, 1.54) is 6.07 Å². The van der Waals surface area contributed by atoms with Crippen LogP contribution in [0.15, 0.2) is 60.7 Å². The van der Waals surface area contributed by atoms with Crippen molar-refractivity contribution < 1.29 is 58.5 Å². The quantitative estimate of drug-likeness (QED) is 0.0949. The first-order valence-electron chi connectivity index (χ1n) is 15.0. The van der Waals surface area contributed by atoms with Crippen molar-refractivity contribution >= 4 is 0 Å². The number of fused-ring (bicyclic) bond motifs is 3. The second-order valence-electron chi connectivity index (χ2n) is 11.9. The molecule has 0 aromatic heterocycles. The Balaban J connectivity index is 1.19. The van der Waals surface area contributed by atoms with Crippen LogP contribution in [0.5, 0.6) is 5.75 Å². The second-order valence-corrected chi connectivity index (χ2v) is 11.9. The summed E-state index contributed by atoms with van der Waals surface area (Å²) in [5.74, 6) is -13.2. The van der Waals surface area contributed by atoms with E-state index in [9.17, 15) is 17.6 Å². The average molecular weight is 683 g/mol. The smallest absolute Gasteiger partial charge is 0.429 e. The summed E-state index contributed by atoms with van der Waals surface area (Å²) in [5.41, 5.74) is -3.50. The van der Waals surface area contributed by atoms with Gasteiger partial charge in [0.15, 0.2) is 17.5 Å². The van der Waals surface area contributed by atoms with Crippen molar-refractivity contribution in [1.29, 1.82) is 0 Å². The highest BCUT2D eigenvalue weighted by atomic mass is 19.3. The highest BCUT2D eigenvalue weighted by molar-refractivity contribution is 5.72. The minimum Gasteiger partial charge on any atom is -0.429 e. The normalized spacial score (nSPS) is 20.7. The summed E-state index contributed by atoms with van der Waals surface area (Å²) in [6.07, 6.45) is -0.943. The first-order chi connectivity index (χ1) is 22.8. The number of unbranched alkanes of at least 4 members (excludes halogenated alkanes) is 2. The topological polar surface area (TPSA) is 36.9 Å². The highest BCUT2D eigenvalue weighted by Crippen LogP contribution is 2.48. The van der Waals surface area contributed by atoms with Crippen LogP contribution >= 0.6 is 0 Å². The van der Waals surface area contributed by atoms with E-state index in [0.717, 1.165) is 49.9 Å². The molecular weight excluding hydrogens is 655 g/mol. The summed E-state index contributed by atoms with van der Waals surface area (Å²) in [6.45, 7) is 2.62. The zero-order chi connectivity index (χ0) is 34.4. The molecular formula is C35H27F9O4. The molecule has 3 aliphatic rings. The number of rotatable bonds is 10. The van der Waals surface area contributed by atoms with Crippen LogP contribution in [0.1, 0.15) is 43.7 Å². The predicted octanol–water partition coefficient (Wildman–Crippen LogP) is 9.88. The van der Waals surface area contributed by atoms with Gasteiger partial charge in [-0.1, -0.05) is 38.3 Å². The van der Waals surface area contributed by atoms with Gasteiger partial charge in [0.25, 0.3) is 0 Å². The minimum atomic E-state index is -4.62. The van der Waals surface area contributed by atoms with Crippen molar-refractivity contribution in [2.45, 2.75) is 44.7 Å². The lowest BCUT2D eigenvalue weighted by atomic mass is 9.82. The number of hydrogen-bond donors (Lipinski definition) is 0. The van der Waals surface area contributed by atoms with Gasteiger partial charge in [-0.05, 0) is 60.0 Å². The molecule has 0 spiro atoms. The Morgan fingerprint density at radius 3 is 1.75 bits per heavy atom. The lowest BCUT2D eigenvalue weighted by Crippen LogP contribution is -2.58. The fourth-order valence-corrected chi connectivity index (χ4v) is 5.86. The van der Waals surface area contributed by atoms with Crippen molar-refractivity contribution in [3.05, 3.63) is 113 Å². The van der Waals surface area contributed by atoms with E-state index in [4.69, 9.17) is 14.2 Å². The Kier molecular flexibility index (Phi) is 8.98. The van der Waals surface area contributed by atoms with Crippen LogP contribution < -0.4 is 4.74 Å². The number of ether oxygens (including phenoxy) is 4. The summed E-state index contributed by atoms with van der Waals surface area (Å²) < 4.78 is 153. The Morgan fingerprint density at radius 1 is 0.646 bits per heavy atom. The standard InChI is InChI=1S/C35H27F9O4/c1-2-3-4-9-33-16-45-35(46-17-33,47-18-33)21-13-27(38)31(28(39)14-21)34(43,44)48-22-6-8-23(26(37)15-22)19-5-7-24(25(36)10-19)20-11-29(40)32(42)30(41)12-20/h5-8,10-15H,2-4,9,16-18H2,1H3. The highest BCUT2D eigenvalue weighted by Gasteiger charge is 2.54. The molecule has 4 nitrogen and oxygen atoms in total. The van der Waals surface area contributed by atoms with Gasteiger partial charge in [0, 0.05) is 28.2 Å². The number of alkyl halides is 2. The van der Waals surface area contributed by atoms with Crippen LogP contribution in [0.2, 0.25) is 0 Å². The predicted molar refractivity (Wildman–Crippen MR) is 154 cm³/mol. The average Bonchev–Trinajstić information content (AvgIpc) is 3.04. The van der Waals surface area contributed by atoms with Crippen LogP contribution in [0.4, 0.5) is 39.5 Å². The molecule has 48 heavy (non-hydrogen) atoms. The Hall–Kier alpha value is -4.07. The van der Waals surface area contributed by atoms with E-state index < -0.39 is 69.5 Å². The molecule has 4 aromatic carbocycles. The summed E-state index contributed by atoms with van der Waals surface area (Å²) in [7, 11) is 0. The molecule has 0 amide bonds. The molecule has 0 radical (unpaired) electrons. The third kappa shape index (κ3) is 6.26. The van der Waals surface area contributed by atoms with E-state index in [1.54, 1.807) is 0 Å². The summed E-state index contributed by atoms with van der Waals surface area (Å²) >= 11 is 0. The van der Waals surface area contributed by atoms with Crippen LogP contribution in [0.25, 0.3) is 22.3 Å². The molecule has 4 aromatic rings. The molecule has 0 saturated carbocycles. The van der Waals surface area contributed by atoms with E-state index in [1.807, 2.05) is 0 Å². The van der Waals surface area contributed by atoms with Crippen molar-refractivity contribution in [3.63, 3.8) is 0 Å².